The quantitative estimate of drug-likeness (QED) is 0.497. The molecule has 4 nitrogen and oxygen atoms in total. The molecular weight excluding hydrogens is 369 g/mol. The van der Waals surface area contributed by atoms with Crippen LogP contribution in [0.5, 0.6) is 0 Å². The first-order valence-electron chi connectivity index (χ1n) is 9.25. The van der Waals surface area contributed by atoms with Crippen LogP contribution in [0.25, 0.3) is 11.1 Å². The maximum Gasteiger partial charge on any atom is 0.416 e. The van der Waals surface area contributed by atoms with Gasteiger partial charge >= 0.3 is 6.18 Å². The molecule has 0 fully saturated rings. The van der Waals surface area contributed by atoms with Gasteiger partial charge in [-0.3, -0.25) is 9.63 Å². The number of hydroxylamine groups is 2. The molecule has 0 saturated carbocycles. The smallest absolute Gasteiger partial charge is 0.315 e. The molecule has 2 rings (SSSR count). The topological polar surface area (TPSA) is 41.6 Å². The third kappa shape index (κ3) is 6.35. The average Bonchev–Trinajstić information content (AvgIpc) is 2.69. The highest BCUT2D eigenvalue weighted by atomic mass is 19.4. The third-order valence-electron chi connectivity index (χ3n) is 4.18. The lowest BCUT2D eigenvalue weighted by molar-refractivity contribution is -0.189. The van der Waals surface area contributed by atoms with Gasteiger partial charge in [0.1, 0.15) is 0 Å². The zero-order chi connectivity index (χ0) is 20.6. The first-order chi connectivity index (χ1) is 13.3. The lowest BCUT2D eigenvalue weighted by Crippen LogP contribution is -2.33. The Balaban J connectivity index is 2.04. The molecule has 1 amide bonds. The number of carbonyl (C=O) groups is 1. The summed E-state index contributed by atoms with van der Waals surface area (Å²) in [6.45, 7) is 5.95. The minimum Gasteiger partial charge on any atom is -0.315 e. The van der Waals surface area contributed by atoms with Gasteiger partial charge in [-0.1, -0.05) is 50.2 Å². The van der Waals surface area contributed by atoms with Crippen LogP contribution in [0.2, 0.25) is 0 Å². The van der Waals surface area contributed by atoms with E-state index in [1.807, 2.05) is 31.2 Å². The normalized spacial score (nSPS) is 11.5. The molecule has 0 aromatic heterocycles. The summed E-state index contributed by atoms with van der Waals surface area (Å²) in [6.07, 6.45) is -4.00. The molecule has 0 atom stereocenters. The summed E-state index contributed by atoms with van der Waals surface area (Å²) < 4.78 is 38.0. The summed E-state index contributed by atoms with van der Waals surface area (Å²) in [5, 5.41) is 4.48. The molecular formula is C21H25F3N2O2. The van der Waals surface area contributed by atoms with Gasteiger partial charge < -0.3 is 5.32 Å². The summed E-state index contributed by atoms with van der Waals surface area (Å²) in [6, 6.07) is 12.4. The standard InChI is InChI=1S/C21H25F3N2O2/c1-3-20(27)26(28-14-13-25-4-2)15-16-5-7-17(8-6-16)18-9-11-19(12-10-18)21(22,23)24/h5-12,25H,3-4,13-15H2,1-2H3. The van der Waals surface area contributed by atoms with Gasteiger partial charge in [0.15, 0.2) is 0 Å². The van der Waals surface area contributed by atoms with E-state index in [-0.39, 0.29) is 5.91 Å². The van der Waals surface area contributed by atoms with Gasteiger partial charge in [-0.2, -0.15) is 13.2 Å². The number of nitrogens with one attached hydrogen (secondary N) is 1. The Hall–Kier alpha value is -2.38. The Morgan fingerprint density at radius 2 is 1.57 bits per heavy atom. The highest BCUT2D eigenvalue weighted by Crippen LogP contribution is 2.31. The molecule has 0 aliphatic carbocycles. The number of nitrogens with zero attached hydrogens (tertiary/aromatic N) is 1. The first-order valence-corrected chi connectivity index (χ1v) is 9.25. The van der Waals surface area contributed by atoms with E-state index in [0.29, 0.717) is 31.7 Å². The second kappa shape index (κ2) is 10.2. The molecule has 2 aromatic rings. The lowest BCUT2D eigenvalue weighted by Gasteiger charge is -2.22. The zero-order valence-electron chi connectivity index (χ0n) is 16.1. The molecule has 0 spiro atoms. The number of halogens is 3. The van der Waals surface area contributed by atoms with Crippen molar-refractivity contribution in [1.82, 2.24) is 10.4 Å². The molecule has 28 heavy (non-hydrogen) atoms. The van der Waals surface area contributed by atoms with Crippen molar-refractivity contribution < 1.29 is 22.8 Å². The van der Waals surface area contributed by atoms with E-state index < -0.39 is 11.7 Å². The number of carbonyl (C=O) groups excluding carboxylic acids is 1. The number of hydrogen-bond acceptors (Lipinski definition) is 3. The second-order valence-electron chi connectivity index (χ2n) is 6.24. The molecule has 7 heteroatoms. The molecule has 0 aliphatic rings. The number of rotatable bonds is 9. The van der Waals surface area contributed by atoms with Crippen molar-refractivity contribution in [3.63, 3.8) is 0 Å². The SMILES string of the molecule is CCNCCON(Cc1ccc(-c2ccc(C(F)(F)F)cc2)cc1)C(=O)CC. The van der Waals surface area contributed by atoms with Crippen molar-refractivity contribution in [3.05, 3.63) is 59.7 Å². The summed E-state index contributed by atoms with van der Waals surface area (Å²) >= 11 is 0. The number of alkyl halides is 3. The van der Waals surface area contributed by atoms with Crippen LogP contribution in [0, 0.1) is 0 Å². The van der Waals surface area contributed by atoms with Crippen LogP contribution in [0.1, 0.15) is 31.4 Å². The Bertz CT molecular complexity index is 744. The minimum absolute atomic E-state index is 0.108. The molecule has 0 bridgehead atoms. The number of benzene rings is 2. The minimum atomic E-state index is -4.34. The second-order valence-corrected chi connectivity index (χ2v) is 6.24. The Kier molecular flexibility index (Phi) is 8.02. The Morgan fingerprint density at radius 1 is 1.00 bits per heavy atom. The van der Waals surface area contributed by atoms with Crippen LogP contribution < -0.4 is 5.32 Å². The predicted octanol–water partition coefficient (Wildman–Crippen LogP) is 4.65. The van der Waals surface area contributed by atoms with Crippen LogP contribution in [0.4, 0.5) is 13.2 Å². The van der Waals surface area contributed by atoms with E-state index in [1.54, 1.807) is 6.92 Å². The van der Waals surface area contributed by atoms with Gasteiger partial charge in [-0.25, -0.2) is 5.06 Å². The third-order valence-corrected chi connectivity index (χ3v) is 4.18. The van der Waals surface area contributed by atoms with Crippen LogP contribution in [0.15, 0.2) is 48.5 Å². The number of likely N-dealkylation sites (N-methyl/N-ethyl adjacent to an activating group) is 1. The van der Waals surface area contributed by atoms with Gasteiger partial charge in [0.05, 0.1) is 18.7 Å². The fraction of sp³-hybridized carbons (Fsp3) is 0.381. The fourth-order valence-corrected chi connectivity index (χ4v) is 2.61. The Labute approximate surface area is 163 Å². The van der Waals surface area contributed by atoms with E-state index in [9.17, 15) is 18.0 Å². The summed E-state index contributed by atoms with van der Waals surface area (Å²) in [5.41, 5.74) is 1.71. The molecule has 2 aromatic carbocycles. The van der Waals surface area contributed by atoms with E-state index in [2.05, 4.69) is 5.32 Å². The maximum atomic E-state index is 12.7. The van der Waals surface area contributed by atoms with Crippen molar-refractivity contribution in [2.45, 2.75) is 33.0 Å². The van der Waals surface area contributed by atoms with Gasteiger partial charge in [-0.15, -0.1) is 0 Å². The molecule has 0 heterocycles. The summed E-state index contributed by atoms with van der Waals surface area (Å²) in [4.78, 5) is 17.6. The molecule has 152 valence electrons. The first kappa shape index (κ1) is 21.9. The van der Waals surface area contributed by atoms with Crippen LogP contribution in [-0.4, -0.2) is 30.7 Å². The largest absolute Gasteiger partial charge is 0.416 e. The highest BCUT2D eigenvalue weighted by molar-refractivity contribution is 5.74. The summed E-state index contributed by atoms with van der Waals surface area (Å²) in [7, 11) is 0. The Morgan fingerprint density at radius 3 is 2.07 bits per heavy atom. The van der Waals surface area contributed by atoms with Gasteiger partial charge in [0.2, 0.25) is 5.91 Å². The molecule has 0 aliphatic heterocycles. The number of amides is 1. The highest BCUT2D eigenvalue weighted by Gasteiger charge is 2.29. The van der Waals surface area contributed by atoms with Crippen LogP contribution >= 0.6 is 0 Å². The van der Waals surface area contributed by atoms with Crippen LogP contribution in [0.3, 0.4) is 0 Å². The predicted molar refractivity (Wildman–Crippen MR) is 102 cm³/mol. The van der Waals surface area contributed by atoms with Crippen molar-refractivity contribution in [3.8, 4) is 11.1 Å². The van der Waals surface area contributed by atoms with Gasteiger partial charge in [0.25, 0.3) is 0 Å². The lowest BCUT2D eigenvalue weighted by atomic mass is 10.0. The van der Waals surface area contributed by atoms with Gasteiger partial charge in [-0.05, 0) is 35.4 Å². The fourth-order valence-electron chi connectivity index (χ4n) is 2.61. The van der Waals surface area contributed by atoms with Crippen molar-refractivity contribution in [2.75, 3.05) is 19.7 Å². The molecule has 0 unspecified atom stereocenters. The van der Waals surface area contributed by atoms with E-state index in [0.717, 1.165) is 29.8 Å². The number of hydrogen-bond donors (Lipinski definition) is 1. The molecule has 1 N–H and O–H groups in total. The molecule has 0 saturated heterocycles. The monoisotopic (exact) mass is 394 g/mol. The average molecular weight is 394 g/mol. The molecule has 0 radical (unpaired) electrons. The van der Waals surface area contributed by atoms with E-state index in [1.165, 1.54) is 17.2 Å². The van der Waals surface area contributed by atoms with Gasteiger partial charge in [0, 0.05) is 13.0 Å². The van der Waals surface area contributed by atoms with Crippen molar-refractivity contribution in [2.24, 2.45) is 0 Å². The van der Waals surface area contributed by atoms with Crippen molar-refractivity contribution >= 4 is 5.91 Å². The van der Waals surface area contributed by atoms with E-state index in [4.69, 9.17) is 4.84 Å². The zero-order valence-corrected chi connectivity index (χ0v) is 16.1. The summed E-state index contributed by atoms with van der Waals surface area (Å²) in [5.74, 6) is -0.108. The van der Waals surface area contributed by atoms with Crippen LogP contribution in [-0.2, 0) is 22.4 Å². The van der Waals surface area contributed by atoms with E-state index >= 15 is 0 Å². The maximum absolute atomic E-state index is 12.7. The van der Waals surface area contributed by atoms with Crippen molar-refractivity contribution in [1.29, 1.82) is 0 Å².